The van der Waals surface area contributed by atoms with Crippen LogP contribution >= 0.6 is 0 Å². The van der Waals surface area contributed by atoms with Crippen LogP contribution in [0.3, 0.4) is 0 Å². The first kappa shape index (κ1) is 30.6. The zero-order valence-corrected chi connectivity index (χ0v) is 27.6. The molecule has 6 rings (SSSR count). The summed E-state index contributed by atoms with van der Waals surface area (Å²) in [6, 6.07) is 7.46. The van der Waals surface area contributed by atoms with Crippen molar-refractivity contribution < 1.29 is 13.9 Å². The SMILES string of the molecule is Cn1cc(-c2cc3nc(C(C)(C)C)n(-c4cc(C5CCN(C(=O)OC(C)(C)C)CC5)c5c(c4)n(C)c(=O)n5C)c3cc2F)cn1. The molecule has 1 fully saturated rings. The fourth-order valence-electron chi connectivity index (χ4n) is 6.45. The minimum Gasteiger partial charge on any atom is -0.444 e. The number of amides is 1. The number of hydrogen-bond donors (Lipinski definition) is 0. The van der Waals surface area contributed by atoms with Gasteiger partial charge < -0.3 is 9.64 Å². The highest BCUT2D eigenvalue weighted by atomic mass is 19.1. The van der Waals surface area contributed by atoms with E-state index in [0.717, 1.165) is 41.0 Å². The van der Waals surface area contributed by atoms with E-state index in [1.807, 2.05) is 31.4 Å². The summed E-state index contributed by atoms with van der Waals surface area (Å²) in [5, 5.41) is 4.22. The van der Waals surface area contributed by atoms with E-state index in [-0.39, 0.29) is 28.9 Å². The van der Waals surface area contributed by atoms with Crippen molar-refractivity contribution in [2.45, 2.75) is 71.3 Å². The van der Waals surface area contributed by atoms with Gasteiger partial charge >= 0.3 is 11.8 Å². The van der Waals surface area contributed by atoms with Gasteiger partial charge in [0.15, 0.2) is 0 Å². The zero-order valence-electron chi connectivity index (χ0n) is 27.6. The molecule has 3 aromatic heterocycles. The van der Waals surface area contributed by atoms with Gasteiger partial charge in [-0.25, -0.2) is 19.0 Å². The van der Waals surface area contributed by atoms with E-state index < -0.39 is 5.60 Å². The third kappa shape index (κ3) is 5.42. The summed E-state index contributed by atoms with van der Waals surface area (Å²) in [4.78, 5) is 32.8. The third-order valence-electron chi connectivity index (χ3n) is 8.65. The number of halogens is 1. The van der Waals surface area contributed by atoms with E-state index in [0.29, 0.717) is 35.2 Å². The second-order valence-electron chi connectivity index (χ2n) is 14.3. The number of fused-ring (bicyclic) bond motifs is 2. The number of rotatable bonds is 3. The monoisotopic (exact) mass is 615 g/mol. The molecule has 4 heterocycles. The topological polar surface area (TPSA) is 92.1 Å². The van der Waals surface area contributed by atoms with E-state index in [2.05, 4.69) is 31.9 Å². The van der Waals surface area contributed by atoms with Crippen molar-refractivity contribution in [1.82, 2.24) is 33.4 Å². The van der Waals surface area contributed by atoms with Crippen LogP contribution in [0.4, 0.5) is 9.18 Å². The number of piperidine rings is 1. The lowest BCUT2D eigenvalue weighted by molar-refractivity contribution is 0.0205. The van der Waals surface area contributed by atoms with Gasteiger partial charge in [0.2, 0.25) is 0 Å². The number of imidazole rings is 2. The molecular weight excluding hydrogens is 573 g/mol. The van der Waals surface area contributed by atoms with Crippen molar-refractivity contribution in [2.75, 3.05) is 13.1 Å². The molecule has 0 spiro atoms. The predicted octanol–water partition coefficient (Wildman–Crippen LogP) is 6.17. The van der Waals surface area contributed by atoms with Crippen LogP contribution in [0.1, 0.15) is 71.7 Å². The molecule has 11 heteroatoms. The minimum atomic E-state index is -0.562. The third-order valence-corrected chi connectivity index (χ3v) is 8.65. The van der Waals surface area contributed by atoms with Crippen LogP contribution in [0.2, 0.25) is 0 Å². The van der Waals surface area contributed by atoms with Crippen LogP contribution in [0, 0.1) is 5.82 Å². The van der Waals surface area contributed by atoms with Gasteiger partial charge in [-0.1, -0.05) is 20.8 Å². The molecule has 0 aliphatic carbocycles. The molecule has 1 amide bonds. The maximum atomic E-state index is 15.8. The first-order valence-electron chi connectivity index (χ1n) is 15.4. The van der Waals surface area contributed by atoms with E-state index in [9.17, 15) is 9.59 Å². The van der Waals surface area contributed by atoms with E-state index in [4.69, 9.17) is 9.72 Å². The van der Waals surface area contributed by atoms with Gasteiger partial charge in [0, 0.05) is 68.7 Å². The average molecular weight is 616 g/mol. The largest absolute Gasteiger partial charge is 0.444 e. The molecule has 0 N–H and O–H groups in total. The standard InChI is InChI=1S/C34H42FN7O3/c1-33(2,3)30-37-26-16-23(21-18-36-38(7)19-21)25(35)17-27(26)42(30)22-14-24(29-28(15-22)39(8)31(43)40(29)9)20-10-12-41(13-11-20)32(44)45-34(4,5)6/h14-20H,10-13H2,1-9H3. The smallest absolute Gasteiger partial charge is 0.410 e. The first-order valence-corrected chi connectivity index (χ1v) is 15.4. The molecule has 10 nitrogen and oxygen atoms in total. The van der Waals surface area contributed by atoms with Crippen molar-refractivity contribution in [3.05, 3.63) is 64.3 Å². The number of aryl methyl sites for hydroxylation is 3. The number of nitrogens with zero attached hydrogens (tertiary/aromatic N) is 7. The van der Waals surface area contributed by atoms with Crippen LogP contribution in [0.5, 0.6) is 0 Å². The second kappa shape index (κ2) is 10.6. The van der Waals surface area contributed by atoms with E-state index in [1.165, 1.54) is 0 Å². The Morgan fingerprint density at radius 1 is 0.956 bits per heavy atom. The summed E-state index contributed by atoms with van der Waals surface area (Å²) in [5.74, 6) is 0.521. The Kier molecular flexibility index (Phi) is 7.21. The highest BCUT2D eigenvalue weighted by molar-refractivity contribution is 5.87. The summed E-state index contributed by atoms with van der Waals surface area (Å²) in [7, 11) is 5.38. The maximum absolute atomic E-state index is 15.8. The number of ether oxygens (including phenoxy) is 1. The predicted molar refractivity (Wildman–Crippen MR) is 173 cm³/mol. The lowest BCUT2D eigenvalue weighted by atomic mass is 9.88. The molecule has 2 aromatic carbocycles. The Hall–Kier alpha value is -4.41. The van der Waals surface area contributed by atoms with Gasteiger partial charge in [-0.15, -0.1) is 0 Å². The van der Waals surface area contributed by atoms with Crippen LogP contribution < -0.4 is 5.69 Å². The lowest BCUT2D eigenvalue weighted by Crippen LogP contribution is -2.41. The molecule has 0 bridgehead atoms. The number of likely N-dealkylation sites (tertiary alicyclic amines) is 1. The molecule has 0 radical (unpaired) electrons. The average Bonchev–Trinajstić information content (AvgIpc) is 3.62. The highest BCUT2D eigenvalue weighted by Crippen LogP contribution is 2.38. The van der Waals surface area contributed by atoms with Gasteiger partial charge in [0.25, 0.3) is 0 Å². The molecule has 0 atom stereocenters. The van der Waals surface area contributed by atoms with Gasteiger partial charge in [-0.3, -0.25) is 18.4 Å². The highest BCUT2D eigenvalue weighted by Gasteiger charge is 2.31. The van der Waals surface area contributed by atoms with Crippen LogP contribution in [0.25, 0.3) is 38.9 Å². The number of benzene rings is 2. The molecule has 5 aromatic rings. The van der Waals surface area contributed by atoms with Gasteiger partial charge in [-0.05, 0) is 63.3 Å². The van der Waals surface area contributed by atoms with Gasteiger partial charge in [0.1, 0.15) is 17.2 Å². The Morgan fingerprint density at radius 2 is 1.64 bits per heavy atom. The molecule has 238 valence electrons. The molecule has 0 saturated carbocycles. The van der Waals surface area contributed by atoms with Crippen molar-refractivity contribution in [3.63, 3.8) is 0 Å². The number of carbonyl (C=O) groups excluding carboxylic acids is 1. The van der Waals surface area contributed by atoms with Crippen LogP contribution in [-0.4, -0.2) is 58.1 Å². The fourth-order valence-corrected chi connectivity index (χ4v) is 6.45. The summed E-state index contributed by atoms with van der Waals surface area (Å²) in [6.45, 7) is 13.0. The van der Waals surface area contributed by atoms with Gasteiger partial charge in [-0.2, -0.15) is 5.10 Å². The van der Waals surface area contributed by atoms with Crippen molar-refractivity contribution in [1.29, 1.82) is 0 Å². The number of hydrogen-bond acceptors (Lipinski definition) is 5. The summed E-state index contributed by atoms with van der Waals surface area (Å²) < 4.78 is 28.5. The molecule has 1 aliphatic rings. The molecule has 45 heavy (non-hydrogen) atoms. The molecule has 0 unspecified atom stereocenters. The van der Waals surface area contributed by atoms with E-state index in [1.54, 1.807) is 64.4 Å². The molecule has 1 saturated heterocycles. The normalized spacial score (nSPS) is 15.0. The Bertz CT molecular complexity index is 2010. The Balaban J connectivity index is 1.51. The zero-order chi connectivity index (χ0) is 32.6. The van der Waals surface area contributed by atoms with Crippen molar-refractivity contribution >= 4 is 28.2 Å². The molecule has 1 aliphatic heterocycles. The van der Waals surface area contributed by atoms with E-state index >= 15 is 4.39 Å². The summed E-state index contributed by atoms with van der Waals surface area (Å²) >= 11 is 0. The van der Waals surface area contributed by atoms with Gasteiger partial charge in [0.05, 0.1) is 28.3 Å². The quantitative estimate of drug-likeness (QED) is 0.242. The number of carbonyl (C=O) groups is 1. The fraction of sp³-hybridized carbons (Fsp3) is 0.471. The van der Waals surface area contributed by atoms with Crippen molar-refractivity contribution in [3.8, 4) is 16.8 Å². The molecular formula is C34H42FN7O3. The van der Waals surface area contributed by atoms with Crippen molar-refractivity contribution in [2.24, 2.45) is 21.1 Å². The summed E-state index contributed by atoms with van der Waals surface area (Å²) in [6.07, 6.45) is 4.58. The van der Waals surface area contributed by atoms with Crippen LogP contribution in [0.15, 0.2) is 41.5 Å². The minimum absolute atomic E-state index is 0.0981. The maximum Gasteiger partial charge on any atom is 0.410 e. The summed E-state index contributed by atoms with van der Waals surface area (Å²) in [5.41, 5.74) is 4.90. The Morgan fingerprint density at radius 3 is 2.24 bits per heavy atom. The number of aromatic nitrogens is 6. The second-order valence-corrected chi connectivity index (χ2v) is 14.3. The first-order chi connectivity index (χ1) is 21.0. The van der Waals surface area contributed by atoms with Crippen LogP contribution in [-0.2, 0) is 31.3 Å². The lowest BCUT2D eigenvalue weighted by Gasteiger charge is -2.34. The Labute approximate surface area is 262 Å².